The number of rotatable bonds is 10. The molecule has 0 saturated heterocycles. The maximum atomic E-state index is 12.5. The van der Waals surface area contributed by atoms with Crippen LogP contribution < -0.4 is 14.6 Å². The van der Waals surface area contributed by atoms with E-state index >= 15 is 0 Å². The van der Waals surface area contributed by atoms with Crippen molar-refractivity contribution in [3.63, 3.8) is 0 Å². The second-order valence-corrected chi connectivity index (χ2v) is 8.80. The highest BCUT2D eigenvalue weighted by atomic mass is 32.2. The minimum Gasteiger partial charge on any atom is -0.497 e. The highest BCUT2D eigenvalue weighted by Gasteiger charge is 2.54. The van der Waals surface area contributed by atoms with Gasteiger partial charge < -0.3 is 14.6 Å². The van der Waals surface area contributed by atoms with Gasteiger partial charge in [-0.3, -0.25) is 0 Å². The molecule has 3 rings (SSSR count). The van der Waals surface area contributed by atoms with E-state index in [2.05, 4.69) is 15.4 Å². The van der Waals surface area contributed by atoms with Gasteiger partial charge in [0.15, 0.2) is 0 Å². The molecule has 3 N–H and O–H groups in total. The molecule has 0 aliphatic carbocycles. The van der Waals surface area contributed by atoms with Gasteiger partial charge in [-0.25, -0.2) is 18.4 Å². The molecule has 3 aromatic rings. The Bertz CT molecular complexity index is 1180. The highest BCUT2D eigenvalue weighted by Crippen LogP contribution is 2.32. The number of ether oxygens (including phenoxy) is 2. The van der Waals surface area contributed by atoms with Crippen molar-refractivity contribution < 1.29 is 27.8 Å². The first-order valence-corrected chi connectivity index (χ1v) is 11.0. The van der Waals surface area contributed by atoms with Gasteiger partial charge in [-0.15, -0.1) is 10.2 Å². The summed E-state index contributed by atoms with van der Waals surface area (Å²) >= 11 is 0. The maximum Gasteiger partial charge on any atom is 0.334 e. The third-order valence-corrected chi connectivity index (χ3v) is 6.59. The van der Waals surface area contributed by atoms with Gasteiger partial charge in [0, 0.05) is 0 Å². The van der Waals surface area contributed by atoms with Crippen LogP contribution in [0, 0.1) is 0 Å². The van der Waals surface area contributed by atoms with Crippen molar-refractivity contribution in [1.82, 2.24) is 20.2 Å². The van der Waals surface area contributed by atoms with E-state index < -0.39 is 26.6 Å². The first-order chi connectivity index (χ1) is 15.2. The number of aromatic nitrogens is 4. The number of methoxy groups -OCH3 is 2. The molecule has 0 bridgehead atoms. The number of sulfonamides is 1. The zero-order chi connectivity index (χ0) is 23.4. The normalized spacial score (nSPS) is 13.3. The molecule has 1 unspecified atom stereocenters. The zero-order valence-electron chi connectivity index (χ0n) is 17.5. The molecule has 0 amide bonds. The summed E-state index contributed by atoms with van der Waals surface area (Å²) in [5.74, 6) is -0.876. The van der Waals surface area contributed by atoms with E-state index in [0.29, 0.717) is 17.1 Å². The number of tetrazole rings is 1. The van der Waals surface area contributed by atoms with Crippen molar-refractivity contribution in [2.24, 2.45) is 5.14 Å². The van der Waals surface area contributed by atoms with Crippen molar-refractivity contribution in [1.29, 1.82) is 0 Å². The summed E-state index contributed by atoms with van der Waals surface area (Å²) in [7, 11) is -1.58. The minimum atomic E-state index is -4.65. The Morgan fingerprint density at radius 2 is 1.56 bits per heavy atom. The molecule has 1 heterocycles. The van der Waals surface area contributed by atoms with Gasteiger partial charge in [0.25, 0.3) is 0 Å². The Labute approximate surface area is 184 Å². The average molecular weight is 462 g/mol. The first-order valence-electron chi connectivity index (χ1n) is 9.49. The van der Waals surface area contributed by atoms with Crippen LogP contribution in [0.15, 0.2) is 48.5 Å². The van der Waals surface area contributed by atoms with E-state index in [4.69, 9.17) is 14.6 Å². The van der Waals surface area contributed by atoms with Gasteiger partial charge >= 0.3 is 5.97 Å². The molecule has 0 aliphatic heterocycles. The van der Waals surface area contributed by atoms with Crippen molar-refractivity contribution >= 4 is 16.0 Å². The first kappa shape index (κ1) is 23.2. The second kappa shape index (κ2) is 9.32. The van der Waals surface area contributed by atoms with Crippen LogP contribution >= 0.6 is 0 Å². The molecular formula is C20H23N5O6S. The lowest BCUT2D eigenvalue weighted by Gasteiger charge is -2.23. The van der Waals surface area contributed by atoms with Crippen LogP contribution in [-0.4, -0.2) is 53.9 Å². The van der Waals surface area contributed by atoms with Crippen molar-refractivity contribution in [2.45, 2.75) is 24.1 Å². The summed E-state index contributed by atoms with van der Waals surface area (Å²) in [4.78, 5) is 13.3. The summed E-state index contributed by atoms with van der Waals surface area (Å²) in [6.45, 7) is 0.149. The van der Waals surface area contributed by atoms with Gasteiger partial charge in [-0.1, -0.05) is 24.3 Å². The number of aryl methyl sites for hydroxylation is 1. The Morgan fingerprint density at radius 1 is 1.03 bits per heavy atom. The summed E-state index contributed by atoms with van der Waals surface area (Å²) in [5.41, 5.74) is 1.48. The quantitative estimate of drug-likeness (QED) is 0.448. The molecule has 0 saturated carbocycles. The smallest absolute Gasteiger partial charge is 0.334 e. The number of carboxylic acid groups (broad SMARTS) is 1. The summed E-state index contributed by atoms with van der Waals surface area (Å²) in [5, 5.41) is 26.9. The van der Waals surface area contributed by atoms with Crippen LogP contribution in [0.3, 0.4) is 0 Å². The molecular weight excluding hydrogens is 438 g/mol. The number of carbonyl (C=O) groups is 1. The topological polar surface area (TPSA) is 160 Å². The second-order valence-electron chi connectivity index (χ2n) is 7.02. The number of aliphatic carboxylic acids is 1. The lowest BCUT2D eigenvalue weighted by Crippen LogP contribution is -2.48. The van der Waals surface area contributed by atoms with Gasteiger partial charge in [-0.2, -0.15) is 4.80 Å². The summed E-state index contributed by atoms with van der Waals surface area (Å²) in [6, 6.07) is 13.8. The van der Waals surface area contributed by atoms with Gasteiger partial charge in [0.1, 0.15) is 11.5 Å². The van der Waals surface area contributed by atoms with E-state index in [1.807, 2.05) is 0 Å². The molecule has 0 spiro atoms. The molecule has 1 aromatic heterocycles. The van der Waals surface area contributed by atoms with Crippen LogP contribution in [-0.2, 0) is 32.5 Å². The van der Waals surface area contributed by atoms with Crippen molar-refractivity contribution in [2.75, 3.05) is 14.2 Å². The fourth-order valence-electron chi connectivity index (χ4n) is 3.18. The SMILES string of the molecule is COc1ccc(CCC(C(=O)O)(c2nnn(Cc3ccc(OC)cc3)n2)S(N)(=O)=O)cc1. The van der Waals surface area contributed by atoms with E-state index in [1.54, 1.807) is 55.6 Å². The standard InChI is InChI=1S/C20H23N5O6S/c1-30-16-7-3-14(4-8-16)11-12-20(19(26)27,32(21,28)29)18-22-24-25(23-18)13-15-5-9-17(31-2)10-6-15/h3-10H,11-13H2,1-2H3,(H,26,27)(H2,21,28,29). The predicted octanol–water partition coefficient (Wildman–Crippen LogP) is 0.940. The van der Waals surface area contributed by atoms with Crippen LogP contribution in [0.25, 0.3) is 0 Å². The van der Waals surface area contributed by atoms with Gasteiger partial charge in [0.2, 0.25) is 20.6 Å². The molecule has 12 heteroatoms. The predicted molar refractivity (Wildman–Crippen MR) is 114 cm³/mol. The third-order valence-electron chi connectivity index (χ3n) is 5.05. The fourth-order valence-corrected chi connectivity index (χ4v) is 4.15. The number of nitrogens with two attached hydrogens (primary N) is 1. The zero-order valence-corrected chi connectivity index (χ0v) is 18.3. The lowest BCUT2D eigenvalue weighted by atomic mass is 9.98. The third kappa shape index (κ3) is 4.70. The van der Waals surface area contributed by atoms with E-state index in [0.717, 1.165) is 10.4 Å². The number of nitrogens with zero attached hydrogens (tertiary/aromatic N) is 4. The fraction of sp³-hybridized carbons (Fsp3) is 0.300. The molecule has 0 radical (unpaired) electrons. The van der Waals surface area contributed by atoms with Crippen molar-refractivity contribution in [3.8, 4) is 11.5 Å². The number of carboxylic acids is 1. The van der Waals surface area contributed by atoms with Crippen molar-refractivity contribution in [3.05, 3.63) is 65.5 Å². The molecule has 0 aliphatic rings. The number of benzene rings is 2. The van der Waals surface area contributed by atoms with Crippen LogP contribution in [0.1, 0.15) is 23.4 Å². The Morgan fingerprint density at radius 3 is 2.03 bits per heavy atom. The maximum absolute atomic E-state index is 12.5. The van der Waals surface area contributed by atoms with E-state index in [-0.39, 0.29) is 19.4 Å². The van der Waals surface area contributed by atoms with Crippen LogP contribution in [0.4, 0.5) is 0 Å². The molecule has 1 atom stereocenters. The highest BCUT2D eigenvalue weighted by molar-refractivity contribution is 7.90. The van der Waals surface area contributed by atoms with Crippen LogP contribution in [0.2, 0.25) is 0 Å². The molecule has 11 nitrogen and oxygen atoms in total. The average Bonchev–Trinajstić information content (AvgIpc) is 3.22. The van der Waals surface area contributed by atoms with E-state index in [9.17, 15) is 18.3 Å². The minimum absolute atomic E-state index is 0.0970. The summed E-state index contributed by atoms with van der Waals surface area (Å²) < 4.78 is 32.6. The number of hydrogen-bond donors (Lipinski definition) is 2. The lowest BCUT2D eigenvalue weighted by molar-refractivity contribution is -0.140. The molecule has 2 aromatic carbocycles. The Hall–Kier alpha value is -3.51. The molecule has 170 valence electrons. The Balaban J connectivity index is 1.90. The monoisotopic (exact) mass is 461 g/mol. The summed E-state index contributed by atoms with van der Waals surface area (Å²) in [6.07, 6.45) is -0.276. The van der Waals surface area contributed by atoms with Crippen LogP contribution in [0.5, 0.6) is 11.5 Å². The Kier molecular flexibility index (Phi) is 6.75. The molecule has 0 fully saturated rings. The van der Waals surface area contributed by atoms with Gasteiger partial charge in [-0.05, 0) is 53.4 Å². The van der Waals surface area contributed by atoms with Gasteiger partial charge in [0.05, 0.1) is 20.8 Å². The molecule has 32 heavy (non-hydrogen) atoms. The number of primary sulfonamides is 1. The van der Waals surface area contributed by atoms with E-state index in [1.165, 1.54) is 7.11 Å². The largest absolute Gasteiger partial charge is 0.497 e. The number of hydrogen-bond acceptors (Lipinski definition) is 8.